The fourth-order valence-electron chi connectivity index (χ4n) is 1.53. The van der Waals surface area contributed by atoms with E-state index in [9.17, 15) is 4.79 Å². The highest BCUT2D eigenvalue weighted by molar-refractivity contribution is 5.85. The number of likely N-dealkylation sites (N-methyl/N-ethyl adjacent to an activating group) is 1. The van der Waals surface area contributed by atoms with Crippen molar-refractivity contribution in [1.82, 2.24) is 5.32 Å². The maximum atomic E-state index is 11.7. The van der Waals surface area contributed by atoms with Crippen LogP contribution in [-0.4, -0.2) is 25.3 Å². The summed E-state index contributed by atoms with van der Waals surface area (Å²) in [5.41, 5.74) is 1.42. The Morgan fingerprint density at radius 3 is 2.56 bits per heavy atom. The van der Waals surface area contributed by atoms with Crippen molar-refractivity contribution < 1.29 is 9.53 Å². The summed E-state index contributed by atoms with van der Waals surface area (Å²) >= 11 is 0. The van der Waals surface area contributed by atoms with E-state index in [1.54, 1.807) is 0 Å². The maximum absolute atomic E-state index is 11.7. The van der Waals surface area contributed by atoms with E-state index in [-0.39, 0.29) is 0 Å². The van der Waals surface area contributed by atoms with E-state index in [0.717, 1.165) is 24.2 Å². The second-order valence-electron chi connectivity index (χ2n) is 5.14. The third-order valence-electron chi connectivity index (χ3n) is 2.30. The average molecular weight is 250 g/mol. The molecule has 0 saturated carbocycles. The minimum Gasteiger partial charge on any atom is -0.444 e. The zero-order chi connectivity index (χ0) is 13.6. The van der Waals surface area contributed by atoms with Crippen LogP contribution in [0, 0.1) is 0 Å². The van der Waals surface area contributed by atoms with Gasteiger partial charge in [0.25, 0.3) is 0 Å². The van der Waals surface area contributed by atoms with Crippen molar-refractivity contribution in [3.8, 4) is 0 Å². The topological polar surface area (TPSA) is 50.4 Å². The number of anilines is 1. The van der Waals surface area contributed by atoms with Gasteiger partial charge in [-0.25, -0.2) is 4.79 Å². The van der Waals surface area contributed by atoms with Crippen molar-refractivity contribution in [2.24, 2.45) is 0 Å². The maximum Gasteiger partial charge on any atom is 0.412 e. The summed E-state index contributed by atoms with van der Waals surface area (Å²) in [5, 5.41) is 5.88. The molecule has 1 aromatic carbocycles. The summed E-state index contributed by atoms with van der Waals surface area (Å²) in [4.78, 5) is 11.7. The average Bonchev–Trinajstić information content (AvgIpc) is 2.25. The van der Waals surface area contributed by atoms with Gasteiger partial charge in [0.05, 0.1) is 0 Å². The SMILES string of the molecule is CNCCc1ccccc1NC(=O)OC(C)(C)C. The lowest BCUT2D eigenvalue weighted by Gasteiger charge is -2.20. The van der Waals surface area contributed by atoms with E-state index in [1.807, 2.05) is 52.1 Å². The predicted molar refractivity (Wildman–Crippen MR) is 73.9 cm³/mol. The quantitative estimate of drug-likeness (QED) is 0.864. The van der Waals surface area contributed by atoms with Gasteiger partial charge in [-0.05, 0) is 52.4 Å². The third-order valence-corrected chi connectivity index (χ3v) is 2.30. The summed E-state index contributed by atoms with van der Waals surface area (Å²) in [5.74, 6) is 0. The molecule has 4 nitrogen and oxygen atoms in total. The van der Waals surface area contributed by atoms with E-state index in [1.165, 1.54) is 0 Å². The lowest BCUT2D eigenvalue weighted by Crippen LogP contribution is -2.27. The molecule has 0 atom stereocenters. The molecule has 2 N–H and O–H groups in total. The number of amides is 1. The van der Waals surface area contributed by atoms with Crippen molar-refractivity contribution in [1.29, 1.82) is 0 Å². The van der Waals surface area contributed by atoms with E-state index in [2.05, 4.69) is 10.6 Å². The Hall–Kier alpha value is -1.55. The highest BCUT2D eigenvalue weighted by Crippen LogP contribution is 2.17. The van der Waals surface area contributed by atoms with Crippen LogP contribution in [-0.2, 0) is 11.2 Å². The summed E-state index contributed by atoms with van der Waals surface area (Å²) in [6, 6.07) is 7.75. The lowest BCUT2D eigenvalue weighted by molar-refractivity contribution is 0.0636. The zero-order valence-corrected chi connectivity index (χ0v) is 11.5. The van der Waals surface area contributed by atoms with Crippen LogP contribution in [0.15, 0.2) is 24.3 Å². The molecule has 0 saturated heterocycles. The number of para-hydroxylation sites is 1. The number of hydrogen-bond donors (Lipinski definition) is 2. The second-order valence-corrected chi connectivity index (χ2v) is 5.14. The fourth-order valence-corrected chi connectivity index (χ4v) is 1.53. The summed E-state index contributed by atoms with van der Waals surface area (Å²) in [6.07, 6.45) is 0.446. The second kappa shape index (κ2) is 6.40. The van der Waals surface area contributed by atoms with Crippen LogP contribution in [0.1, 0.15) is 26.3 Å². The summed E-state index contributed by atoms with van der Waals surface area (Å²) in [7, 11) is 1.91. The van der Waals surface area contributed by atoms with E-state index < -0.39 is 11.7 Å². The highest BCUT2D eigenvalue weighted by atomic mass is 16.6. The first-order valence-electron chi connectivity index (χ1n) is 6.15. The zero-order valence-electron chi connectivity index (χ0n) is 11.5. The molecule has 0 spiro atoms. The molecular weight excluding hydrogens is 228 g/mol. The van der Waals surface area contributed by atoms with E-state index in [4.69, 9.17) is 4.74 Å². The molecule has 100 valence electrons. The van der Waals surface area contributed by atoms with Crippen molar-refractivity contribution in [2.45, 2.75) is 32.8 Å². The van der Waals surface area contributed by atoms with Crippen molar-refractivity contribution in [3.63, 3.8) is 0 Å². The molecule has 18 heavy (non-hydrogen) atoms. The van der Waals surface area contributed by atoms with E-state index in [0.29, 0.717) is 0 Å². The first-order chi connectivity index (χ1) is 8.42. The van der Waals surface area contributed by atoms with Crippen LogP contribution in [0.4, 0.5) is 10.5 Å². The van der Waals surface area contributed by atoms with Gasteiger partial charge in [0.1, 0.15) is 5.60 Å². The Kier molecular flexibility index (Phi) is 5.16. The van der Waals surface area contributed by atoms with Crippen LogP contribution < -0.4 is 10.6 Å². The van der Waals surface area contributed by atoms with E-state index >= 15 is 0 Å². The van der Waals surface area contributed by atoms with Gasteiger partial charge < -0.3 is 10.1 Å². The van der Waals surface area contributed by atoms with Gasteiger partial charge in [0.2, 0.25) is 0 Å². The first kappa shape index (κ1) is 14.5. The normalized spacial score (nSPS) is 11.1. The number of carbonyl (C=O) groups is 1. The van der Waals surface area contributed by atoms with Gasteiger partial charge in [-0.3, -0.25) is 5.32 Å². The van der Waals surface area contributed by atoms with Gasteiger partial charge >= 0.3 is 6.09 Å². The molecule has 1 aromatic rings. The number of ether oxygens (including phenoxy) is 1. The molecule has 0 aliphatic heterocycles. The standard InChI is InChI=1S/C14H22N2O2/c1-14(2,3)18-13(17)16-12-8-6-5-7-11(12)9-10-15-4/h5-8,15H,9-10H2,1-4H3,(H,16,17). The number of hydrogen-bond acceptors (Lipinski definition) is 3. The number of nitrogens with one attached hydrogen (secondary N) is 2. The molecule has 1 amide bonds. The van der Waals surface area contributed by atoms with Crippen molar-refractivity contribution >= 4 is 11.8 Å². The number of carbonyl (C=O) groups excluding carboxylic acids is 1. The largest absolute Gasteiger partial charge is 0.444 e. The van der Waals surface area contributed by atoms with Gasteiger partial charge in [0.15, 0.2) is 0 Å². The molecule has 4 heteroatoms. The lowest BCUT2D eigenvalue weighted by atomic mass is 10.1. The molecule has 1 rings (SSSR count). The van der Waals surface area contributed by atoms with Crippen LogP contribution >= 0.6 is 0 Å². The molecule has 0 aliphatic carbocycles. The highest BCUT2D eigenvalue weighted by Gasteiger charge is 2.16. The summed E-state index contributed by atoms with van der Waals surface area (Å²) < 4.78 is 5.24. The van der Waals surface area contributed by atoms with Crippen LogP contribution in [0.3, 0.4) is 0 Å². The molecule has 0 bridgehead atoms. The van der Waals surface area contributed by atoms with Crippen molar-refractivity contribution in [3.05, 3.63) is 29.8 Å². The van der Waals surface area contributed by atoms with Crippen LogP contribution in [0.5, 0.6) is 0 Å². The van der Waals surface area contributed by atoms with Crippen LogP contribution in [0.2, 0.25) is 0 Å². The fraction of sp³-hybridized carbons (Fsp3) is 0.500. The van der Waals surface area contributed by atoms with Crippen molar-refractivity contribution in [2.75, 3.05) is 18.9 Å². The Balaban J connectivity index is 2.68. The minimum absolute atomic E-state index is 0.417. The van der Waals surface area contributed by atoms with Gasteiger partial charge in [0, 0.05) is 5.69 Å². The van der Waals surface area contributed by atoms with Gasteiger partial charge in [-0.15, -0.1) is 0 Å². The molecule has 0 fully saturated rings. The molecule has 0 aliphatic rings. The molecule has 0 heterocycles. The number of benzene rings is 1. The molecule has 0 radical (unpaired) electrons. The third kappa shape index (κ3) is 5.19. The number of rotatable bonds is 4. The smallest absolute Gasteiger partial charge is 0.412 e. The van der Waals surface area contributed by atoms with Crippen LogP contribution in [0.25, 0.3) is 0 Å². The van der Waals surface area contributed by atoms with Gasteiger partial charge in [-0.2, -0.15) is 0 Å². The Bertz CT molecular complexity index is 397. The first-order valence-corrected chi connectivity index (χ1v) is 6.15. The predicted octanol–water partition coefficient (Wildman–Crippen LogP) is 2.80. The molecule has 0 unspecified atom stereocenters. The molecule has 0 aromatic heterocycles. The molecular formula is C14H22N2O2. The Labute approximate surface area is 109 Å². The Morgan fingerprint density at radius 1 is 1.28 bits per heavy atom. The monoisotopic (exact) mass is 250 g/mol. The summed E-state index contributed by atoms with van der Waals surface area (Å²) in [6.45, 7) is 6.41. The van der Waals surface area contributed by atoms with Gasteiger partial charge in [-0.1, -0.05) is 18.2 Å². The Morgan fingerprint density at radius 2 is 1.94 bits per heavy atom. The minimum atomic E-state index is -0.482.